The highest BCUT2D eigenvalue weighted by Crippen LogP contribution is 2.35. The van der Waals surface area contributed by atoms with Gasteiger partial charge in [-0.1, -0.05) is 30.3 Å². The minimum atomic E-state index is 0. The normalized spacial score (nSPS) is 14.2. The Kier molecular flexibility index (Phi) is 6.90. The third-order valence-corrected chi connectivity index (χ3v) is 4.78. The van der Waals surface area contributed by atoms with Gasteiger partial charge in [0.1, 0.15) is 18.8 Å². The molecule has 28 heavy (non-hydrogen) atoms. The summed E-state index contributed by atoms with van der Waals surface area (Å²) in [4.78, 5) is 11.3. The number of aromatic nitrogens is 2. The first-order valence-electron chi connectivity index (χ1n) is 9.30. The first-order valence-corrected chi connectivity index (χ1v) is 9.30. The molecule has 3 aromatic rings. The van der Waals surface area contributed by atoms with Crippen LogP contribution in [0.4, 0.5) is 5.82 Å². The molecule has 2 heterocycles. The zero-order valence-corrected chi connectivity index (χ0v) is 16.7. The summed E-state index contributed by atoms with van der Waals surface area (Å²) in [5.74, 6) is 2.34. The van der Waals surface area contributed by atoms with Crippen molar-refractivity contribution in [3.05, 3.63) is 54.4 Å². The maximum Gasteiger partial charge on any atom is 0.163 e. The number of methoxy groups -OCH3 is 1. The second-order valence-electron chi connectivity index (χ2n) is 6.58. The van der Waals surface area contributed by atoms with E-state index in [4.69, 9.17) is 9.47 Å². The molecule has 1 aliphatic heterocycles. The van der Waals surface area contributed by atoms with Gasteiger partial charge in [-0.25, -0.2) is 9.97 Å². The zero-order chi connectivity index (χ0) is 18.5. The van der Waals surface area contributed by atoms with E-state index >= 15 is 0 Å². The molecule has 0 radical (unpaired) electrons. The van der Waals surface area contributed by atoms with Crippen LogP contribution >= 0.6 is 12.4 Å². The number of nitrogens with zero attached hydrogens (tertiary/aromatic N) is 3. The van der Waals surface area contributed by atoms with Crippen LogP contribution in [0.2, 0.25) is 0 Å². The van der Waals surface area contributed by atoms with E-state index in [1.807, 2.05) is 42.5 Å². The minimum absolute atomic E-state index is 0. The van der Waals surface area contributed by atoms with Crippen LogP contribution in [0.25, 0.3) is 10.9 Å². The second kappa shape index (κ2) is 9.57. The smallest absolute Gasteiger partial charge is 0.163 e. The molecular weight excluding hydrogens is 376 g/mol. The van der Waals surface area contributed by atoms with Crippen LogP contribution < -0.4 is 19.7 Å². The maximum absolute atomic E-state index is 6.02. The van der Waals surface area contributed by atoms with Crippen LogP contribution in [0.5, 0.6) is 11.5 Å². The minimum Gasteiger partial charge on any atom is -0.493 e. The second-order valence-corrected chi connectivity index (χ2v) is 6.58. The van der Waals surface area contributed by atoms with Crippen LogP contribution in [-0.2, 0) is 6.61 Å². The van der Waals surface area contributed by atoms with Crippen molar-refractivity contribution in [3.8, 4) is 11.5 Å². The van der Waals surface area contributed by atoms with Gasteiger partial charge in [0.05, 0.1) is 12.6 Å². The topological polar surface area (TPSA) is 59.5 Å². The molecule has 4 rings (SSSR count). The van der Waals surface area contributed by atoms with Gasteiger partial charge in [-0.05, 0) is 24.6 Å². The Morgan fingerprint density at radius 3 is 2.71 bits per heavy atom. The molecule has 7 heteroatoms. The molecule has 0 atom stereocenters. The lowest BCUT2D eigenvalue weighted by Crippen LogP contribution is -2.28. The highest BCUT2D eigenvalue weighted by atomic mass is 35.5. The lowest BCUT2D eigenvalue weighted by molar-refractivity contribution is 0.285. The van der Waals surface area contributed by atoms with Gasteiger partial charge in [0.25, 0.3) is 0 Å². The summed E-state index contributed by atoms with van der Waals surface area (Å²) in [6, 6.07) is 14.0. The van der Waals surface area contributed by atoms with Crippen molar-refractivity contribution < 1.29 is 9.47 Å². The molecule has 6 nitrogen and oxygen atoms in total. The lowest BCUT2D eigenvalue weighted by atomic mass is 10.2. The Morgan fingerprint density at radius 2 is 1.89 bits per heavy atom. The summed E-state index contributed by atoms with van der Waals surface area (Å²) in [5, 5.41) is 4.42. The van der Waals surface area contributed by atoms with Gasteiger partial charge < -0.3 is 19.7 Å². The molecule has 1 aromatic heterocycles. The molecule has 2 aromatic carbocycles. The van der Waals surface area contributed by atoms with Crippen LogP contribution in [0.15, 0.2) is 48.8 Å². The summed E-state index contributed by atoms with van der Waals surface area (Å²) in [5.41, 5.74) is 1.97. The molecule has 0 unspecified atom stereocenters. The Morgan fingerprint density at radius 1 is 1.04 bits per heavy atom. The van der Waals surface area contributed by atoms with E-state index in [0.29, 0.717) is 18.1 Å². The predicted octanol–water partition coefficient (Wildman–Crippen LogP) is 3.44. The van der Waals surface area contributed by atoms with Crippen LogP contribution in [-0.4, -0.2) is 43.3 Å². The van der Waals surface area contributed by atoms with E-state index in [1.54, 1.807) is 13.4 Å². The molecule has 0 aliphatic carbocycles. The van der Waals surface area contributed by atoms with Gasteiger partial charge in [0, 0.05) is 31.1 Å². The van der Waals surface area contributed by atoms with E-state index in [2.05, 4.69) is 20.2 Å². The molecule has 0 spiro atoms. The highest BCUT2D eigenvalue weighted by Gasteiger charge is 2.17. The molecular formula is C21H25ClN4O2. The van der Waals surface area contributed by atoms with Crippen molar-refractivity contribution >= 4 is 29.1 Å². The Balaban J connectivity index is 0.00000225. The summed E-state index contributed by atoms with van der Waals surface area (Å²) in [7, 11) is 1.66. The first-order chi connectivity index (χ1) is 13.3. The van der Waals surface area contributed by atoms with Crippen LogP contribution in [0.1, 0.15) is 12.0 Å². The zero-order valence-electron chi connectivity index (χ0n) is 15.9. The van der Waals surface area contributed by atoms with Crippen molar-refractivity contribution in [1.82, 2.24) is 15.3 Å². The predicted molar refractivity (Wildman–Crippen MR) is 114 cm³/mol. The van der Waals surface area contributed by atoms with Gasteiger partial charge >= 0.3 is 0 Å². The van der Waals surface area contributed by atoms with E-state index in [1.165, 1.54) is 0 Å². The van der Waals surface area contributed by atoms with Gasteiger partial charge in [-0.15, -0.1) is 12.4 Å². The lowest BCUT2D eigenvalue weighted by Gasteiger charge is -2.22. The molecule has 1 aliphatic rings. The van der Waals surface area contributed by atoms with E-state index < -0.39 is 0 Å². The Hall–Kier alpha value is -2.57. The van der Waals surface area contributed by atoms with Crippen molar-refractivity contribution in [2.45, 2.75) is 13.0 Å². The summed E-state index contributed by atoms with van der Waals surface area (Å²) in [6.07, 6.45) is 2.73. The van der Waals surface area contributed by atoms with Gasteiger partial charge in [-0.3, -0.25) is 0 Å². The number of rotatable bonds is 5. The third-order valence-electron chi connectivity index (χ3n) is 4.78. The molecule has 1 saturated heterocycles. The number of ether oxygens (including phenoxy) is 2. The fourth-order valence-electron chi connectivity index (χ4n) is 3.37. The van der Waals surface area contributed by atoms with Gasteiger partial charge in [0.15, 0.2) is 11.5 Å². The number of fused-ring (bicyclic) bond motifs is 1. The molecule has 0 amide bonds. The quantitative estimate of drug-likeness (QED) is 0.708. The van der Waals surface area contributed by atoms with E-state index in [-0.39, 0.29) is 12.4 Å². The van der Waals surface area contributed by atoms with Crippen molar-refractivity contribution in [2.24, 2.45) is 0 Å². The Bertz CT molecular complexity index is 900. The largest absolute Gasteiger partial charge is 0.493 e. The number of nitrogens with one attached hydrogen (secondary N) is 1. The standard InChI is InChI=1S/C21H24N4O2.ClH/c1-26-19-12-17-18(13-20(19)27-14-16-6-3-2-4-7-16)23-15-24-21(17)25-10-5-8-22-9-11-25;/h2-4,6-7,12-13,15,22H,5,8-11,14H2,1H3;1H. The van der Waals surface area contributed by atoms with Gasteiger partial charge in [0.2, 0.25) is 0 Å². The molecule has 1 fully saturated rings. The monoisotopic (exact) mass is 400 g/mol. The number of benzene rings is 2. The fraction of sp³-hybridized carbons (Fsp3) is 0.333. The first kappa shape index (κ1) is 20.2. The van der Waals surface area contributed by atoms with Crippen molar-refractivity contribution in [1.29, 1.82) is 0 Å². The van der Waals surface area contributed by atoms with Crippen LogP contribution in [0, 0.1) is 0 Å². The number of hydrogen-bond acceptors (Lipinski definition) is 6. The Labute approximate surface area is 171 Å². The summed E-state index contributed by atoms with van der Waals surface area (Å²) < 4.78 is 11.6. The molecule has 1 N–H and O–H groups in total. The molecule has 148 valence electrons. The average molecular weight is 401 g/mol. The summed E-state index contributed by atoms with van der Waals surface area (Å²) in [6.45, 7) is 4.40. The highest BCUT2D eigenvalue weighted by molar-refractivity contribution is 5.92. The number of anilines is 1. The molecule has 0 saturated carbocycles. The SMILES string of the molecule is COc1cc2c(N3CCCNCC3)ncnc2cc1OCc1ccccc1.Cl. The van der Waals surface area contributed by atoms with Crippen molar-refractivity contribution in [3.63, 3.8) is 0 Å². The number of hydrogen-bond donors (Lipinski definition) is 1. The van der Waals surface area contributed by atoms with Gasteiger partial charge in [-0.2, -0.15) is 0 Å². The number of halogens is 1. The average Bonchev–Trinajstić information content (AvgIpc) is 3.01. The van der Waals surface area contributed by atoms with Crippen molar-refractivity contribution in [2.75, 3.05) is 38.2 Å². The van der Waals surface area contributed by atoms with Crippen LogP contribution in [0.3, 0.4) is 0 Å². The fourth-order valence-corrected chi connectivity index (χ4v) is 3.37. The molecule has 0 bridgehead atoms. The third kappa shape index (κ3) is 4.46. The van der Waals surface area contributed by atoms with E-state index in [9.17, 15) is 0 Å². The maximum atomic E-state index is 6.02. The van der Waals surface area contributed by atoms with E-state index in [0.717, 1.165) is 54.9 Å². The summed E-state index contributed by atoms with van der Waals surface area (Å²) >= 11 is 0.